The van der Waals surface area contributed by atoms with Crippen molar-refractivity contribution >= 4 is 28.5 Å². The van der Waals surface area contributed by atoms with Crippen molar-refractivity contribution in [1.82, 2.24) is 4.98 Å². The van der Waals surface area contributed by atoms with Crippen LogP contribution in [0.1, 0.15) is 11.1 Å². The van der Waals surface area contributed by atoms with E-state index in [0.29, 0.717) is 5.13 Å². The van der Waals surface area contributed by atoms with E-state index in [1.165, 1.54) is 17.4 Å². The molecule has 1 amide bonds. The van der Waals surface area contributed by atoms with Crippen molar-refractivity contribution < 1.29 is 14.3 Å². The van der Waals surface area contributed by atoms with Crippen molar-refractivity contribution in [2.24, 2.45) is 0 Å². The summed E-state index contributed by atoms with van der Waals surface area (Å²) in [7, 11) is 3.24. The molecule has 0 bridgehead atoms. The van der Waals surface area contributed by atoms with Crippen molar-refractivity contribution in [3.63, 3.8) is 0 Å². The molecule has 0 unspecified atom stereocenters. The summed E-state index contributed by atoms with van der Waals surface area (Å²) in [5.74, 6) is 1.27. The molecule has 0 atom stereocenters. The zero-order valence-electron chi connectivity index (χ0n) is 15.4. The molecule has 1 N–H and O–H groups in total. The average Bonchev–Trinajstić information content (AvgIpc) is 3.15. The molecular formula is C21H20N2O3S. The standard InChI is InChI=1S/C21H20N2O3S/c1-14-4-10-19(26-3)16(12-14)7-11-20(24)23-21-22-18(13-27-21)15-5-8-17(25-2)9-6-15/h4-13H,1-3H3,(H,22,23,24)/b11-7+. The van der Waals surface area contributed by atoms with Crippen LogP contribution in [0.15, 0.2) is 53.9 Å². The van der Waals surface area contributed by atoms with Crippen molar-refractivity contribution in [1.29, 1.82) is 0 Å². The topological polar surface area (TPSA) is 60.5 Å². The Morgan fingerprint density at radius 2 is 1.89 bits per heavy atom. The highest BCUT2D eigenvalue weighted by Crippen LogP contribution is 2.26. The zero-order chi connectivity index (χ0) is 19.2. The van der Waals surface area contributed by atoms with Gasteiger partial charge in [0, 0.05) is 22.6 Å². The van der Waals surface area contributed by atoms with Gasteiger partial charge in [0.2, 0.25) is 5.91 Å². The van der Waals surface area contributed by atoms with E-state index in [-0.39, 0.29) is 5.91 Å². The van der Waals surface area contributed by atoms with Gasteiger partial charge < -0.3 is 9.47 Å². The van der Waals surface area contributed by atoms with E-state index in [2.05, 4.69) is 10.3 Å². The Morgan fingerprint density at radius 3 is 2.59 bits per heavy atom. The van der Waals surface area contributed by atoms with Gasteiger partial charge in [0.25, 0.3) is 0 Å². The fourth-order valence-corrected chi connectivity index (χ4v) is 3.24. The number of rotatable bonds is 6. The minimum Gasteiger partial charge on any atom is -0.497 e. The number of aromatic nitrogens is 1. The summed E-state index contributed by atoms with van der Waals surface area (Å²) in [5, 5.41) is 5.25. The number of anilines is 1. The van der Waals surface area contributed by atoms with Gasteiger partial charge in [-0.1, -0.05) is 11.6 Å². The number of benzene rings is 2. The molecule has 3 aromatic rings. The lowest BCUT2D eigenvalue weighted by atomic mass is 10.1. The fourth-order valence-electron chi connectivity index (χ4n) is 2.52. The largest absolute Gasteiger partial charge is 0.497 e. The highest BCUT2D eigenvalue weighted by atomic mass is 32.1. The maximum absolute atomic E-state index is 12.2. The van der Waals surface area contributed by atoms with Crippen LogP contribution in [0, 0.1) is 6.92 Å². The number of hydrogen-bond acceptors (Lipinski definition) is 5. The van der Waals surface area contributed by atoms with Gasteiger partial charge in [0.05, 0.1) is 19.9 Å². The molecule has 0 aliphatic heterocycles. The third-order valence-corrected chi connectivity index (χ3v) is 4.68. The first kappa shape index (κ1) is 18.7. The summed E-state index contributed by atoms with van der Waals surface area (Å²) in [6.45, 7) is 1.99. The van der Waals surface area contributed by atoms with Crippen LogP contribution in [0.3, 0.4) is 0 Å². The van der Waals surface area contributed by atoms with E-state index in [9.17, 15) is 4.79 Å². The number of carbonyl (C=O) groups is 1. The van der Waals surface area contributed by atoms with Crippen LogP contribution in [0.2, 0.25) is 0 Å². The molecular weight excluding hydrogens is 360 g/mol. The summed E-state index contributed by atoms with van der Waals surface area (Å²) >= 11 is 1.38. The minimum atomic E-state index is -0.241. The Bertz CT molecular complexity index is 962. The van der Waals surface area contributed by atoms with Crippen molar-refractivity contribution in [3.8, 4) is 22.8 Å². The molecule has 0 spiro atoms. The van der Waals surface area contributed by atoms with Crippen LogP contribution in [0.5, 0.6) is 11.5 Å². The summed E-state index contributed by atoms with van der Waals surface area (Å²) < 4.78 is 10.5. The minimum absolute atomic E-state index is 0.241. The lowest BCUT2D eigenvalue weighted by Crippen LogP contribution is -2.07. The molecule has 0 radical (unpaired) electrons. The van der Waals surface area contributed by atoms with Gasteiger partial charge >= 0.3 is 0 Å². The van der Waals surface area contributed by atoms with Gasteiger partial charge in [-0.25, -0.2) is 4.98 Å². The fraction of sp³-hybridized carbons (Fsp3) is 0.143. The summed E-state index contributed by atoms with van der Waals surface area (Å²) in [5.41, 5.74) is 3.72. The maximum Gasteiger partial charge on any atom is 0.250 e. The third-order valence-electron chi connectivity index (χ3n) is 3.92. The Kier molecular flexibility index (Phi) is 5.88. The first-order valence-electron chi connectivity index (χ1n) is 8.32. The van der Waals surface area contributed by atoms with Gasteiger partial charge in [-0.15, -0.1) is 11.3 Å². The highest BCUT2D eigenvalue weighted by molar-refractivity contribution is 7.14. The SMILES string of the molecule is COc1ccc(-c2csc(NC(=O)/C=C/c3cc(C)ccc3OC)n2)cc1. The smallest absolute Gasteiger partial charge is 0.250 e. The van der Waals surface area contributed by atoms with Crippen LogP contribution >= 0.6 is 11.3 Å². The number of hydrogen-bond donors (Lipinski definition) is 1. The summed E-state index contributed by atoms with van der Waals surface area (Å²) in [4.78, 5) is 16.7. The number of amides is 1. The number of carbonyl (C=O) groups excluding carboxylic acids is 1. The second-order valence-corrected chi connectivity index (χ2v) is 6.69. The average molecular weight is 380 g/mol. The number of aryl methyl sites for hydroxylation is 1. The van der Waals surface area contributed by atoms with Crippen LogP contribution in [-0.4, -0.2) is 25.1 Å². The number of methoxy groups -OCH3 is 2. The number of nitrogens with zero attached hydrogens (tertiary/aromatic N) is 1. The molecule has 2 aromatic carbocycles. The van der Waals surface area contributed by atoms with Crippen LogP contribution < -0.4 is 14.8 Å². The lowest BCUT2D eigenvalue weighted by molar-refractivity contribution is -0.111. The van der Waals surface area contributed by atoms with Crippen molar-refractivity contribution in [3.05, 3.63) is 65.0 Å². The first-order valence-corrected chi connectivity index (χ1v) is 9.20. The predicted molar refractivity (Wildman–Crippen MR) is 109 cm³/mol. The van der Waals surface area contributed by atoms with Gasteiger partial charge in [0.15, 0.2) is 5.13 Å². The normalized spacial score (nSPS) is 10.8. The molecule has 1 aromatic heterocycles. The van der Waals surface area contributed by atoms with E-state index in [4.69, 9.17) is 9.47 Å². The number of nitrogens with one attached hydrogen (secondary N) is 1. The van der Waals surface area contributed by atoms with Crippen LogP contribution in [-0.2, 0) is 4.79 Å². The molecule has 138 valence electrons. The molecule has 6 heteroatoms. The number of thiazole rings is 1. The van der Waals surface area contributed by atoms with Gasteiger partial charge in [-0.2, -0.15) is 0 Å². The van der Waals surface area contributed by atoms with E-state index in [1.54, 1.807) is 20.3 Å². The number of ether oxygens (including phenoxy) is 2. The van der Waals surface area contributed by atoms with Gasteiger partial charge in [0.1, 0.15) is 11.5 Å². The van der Waals surface area contributed by atoms with Crippen molar-refractivity contribution in [2.75, 3.05) is 19.5 Å². The molecule has 5 nitrogen and oxygen atoms in total. The molecule has 0 saturated carbocycles. The third kappa shape index (κ3) is 4.74. The second kappa shape index (κ2) is 8.51. The van der Waals surface area contributed by atoms with E-state index in [1.807, 2.05) is 54.8 Å². The van der Waals surface area contributed by atoms with E-state index in [0.717, 1.165) is 33.9 Å². The Morgan fingerprint density at radius 1 is 1.11 bits per heavy atom. The van der Waals surface area contributed by atoms with Crippen molar-refractivity contribution in [2.45, 2.75) is 6.92 Å². The maximum atomic E-state index is 12.2. The molecule has 0 fully saturated rings. The first-order chi connectivity index (χ1) is 13.1. The Balaban J connectivity index is 1.68. The van der Waals surface area contributed by atoms with Crippen LogP contribution in [0.25, 0.3) is 17.3 Å². The Labute approximate surface area is 162 Å². The van der Waals surface area contributed by atoms with Gasteiger partial charge in [-0.3, -0.25) is 10.1 Å². The molecule has 0 aliphatic carbocycles. The molecule has 1 heterocycles. The summed E-state index contributed by atoms with van der Waals surface area (Å²) in [6, 6.07) is 13.4. The van der Waals surface area contributed by atoms with E-state index >= 15 is 0 Å². The summed E-state index contributed by atoms with van der Waals surface area (Å²) in [6.07, 6.45) is 3.21. The lowest BCUT2D eigenvalue weighted by Gasteiger charge is -2.05. The predicted octanol–water partition coefficient (Wildman–Crippen LogP) is 4.79. The zero-order valence-corrected chi connectivity index (χ0v) is 16.2. The van der Waals surface area contributed by atoms with E-state index < -0.39 is 0 Å². The molecule has 0 aliphatic rings. The second-order valence-electron chi connectivity index (χ2n) is 5.83. The molecule has 27 heavy (non-hydrogen) atoms. The Hall–Kier alpha value is -3.12. The quantitative estimate of drug-likeness (QED) is 0.625. The highest BCUT2D eigenvalue weighted by Gasteiger charge is 2.07. The molecule has 3 rings (SSSR count). The van der Waals surface area contributed by atoms with Crippen LogP contribution in [0.4, 0.5) is 5.13 Å². The molecule has 0 saturated heterocycles. The monoisotopic (exact) mass is 380 g/mol. The van der Waals surface area contributed by atoms with Gasteiger partial charge in [-0.05, 0) is 49.4 Å².